The highest BCUT2D eigenvalue weighted by atomic mass is 16.4. The minimum Gasteiger partial charge on any atom is -0.481 e. The number of rotatable bonds is 4. The van der Waals surface area contributed by atoms with Gasteiger partial charge in [-0.1, -0.05) is 13.8 Å². The molecule has 0 saturated carbocycles. The Bertz CT molecular complexity index is 494. The Labute approximate surface area is 143 Å². The fourth-order valence-corrected chi connectivity index (χ4v) is 3.58. The molecule has 0 spiro atoms. The number of hydrogen-bond acceptors (Lipinski definition) is 3. The predicted molar refractivity (Wildman–Crippen MR) is 89.5 cm³/mol. The van der Waals surface area contributed by atoms with E-state index in [1.807, 2.05) is 13.8 Å². The van der Waals surface area contributed by atoms with Gasteiger partial charge in [0.2, 0.25) is 5.91 Å². The SMILES string of the molecule is CC(C)CNC(=O)N1CCCC(C(=O)N2CCC(C(=O)O)C2C)C1. The molecule has 2 heterocycles. The zero-order valence-corrected chi connectivity index (χ0v) is 14.8. The summed E-state index contributed by atoms with van der Waals surface area (Å²) >= 11 is 0. The highest BCUT2D eigenvalue weighted by Gasteiger charge is 2.41. The van der Waals surface area contributed by atoms with Crippen LogP contribution in [0.4, 0.5) is 4.79 Å². The van der Waals surface area contributed by atoms with Crippen molar-refractivity contribution >= 4 is 17.9 Å². The highest BCUT2D eigenvalue weighted by Crippen LogP contribution is 2.28. The summed E-state index contributed by atoms with van der Waals surface area (Å²) in [5.74, 6) is -1.17. The number of carboxylic acids is 1. The largest absolute Gasteiger partial charge is 0.481 e. The van der Waals surface area contributed by atoms with Crippen LogP contribution in [0.25, 0.3) is 0 Å². The van der Waals surface area contributed by atoms with Gasteiger partial charge in [-0.2, -0.15) is 0 Å². The molecule has 2 fully saturated rings. The second kappa shape index (κ2) is 7.85. The van der Waals surface area contributed by atoms with Gasteiger partial charge in [-0.05, 0) is 32.1 Å². The van der Waals surface area contributed by atoms with Gasteiger partial charge in [0.05, 0.1) is 11.8 Å². The molecule has 24 heavy (non-hydrogen) atoms. The van der Waals surface area contributed by atoms with Crippen LogP contribution in [0.5, 0.6) is 0 Å². The molecule has 7 heteroatoms. The van der Waals surface area contributed by atoms with Crippen LogP contribution < -0.4 is 5.32 Å². The average molecular weight is 339 g/mol. The number of amides is 3. The predicted octanol–water partition coefficient (Wildman–Crippen LogP) is 1.39. The molecule has 0 aromatic carbocycles. The van der Waals surface area contributed by atoms with Crippen LogP contribution in [0.15, 0.2) is 0 Å². The smallest absolute Gasteiger partial charge is 0.317 e. The zero-order chi connectivity index (χ0) is 17.9. The monoisotopic (exact) mass is 339 g/mol. The summed E-state index contributed by atoms with van der Waals surface area (Å²) in [5.41, 5.74) is 0. The molecule has 0 aromatic rings. The molecular formula is C17H29N3O4. The van der Waals surface area contributed by atoms with Crippen LogP contribution in [0.1, 0.15) is 40.0 Å². The zero-order valence-electron chi connectivity index (χ0n) is 14.8. The second-order valence-electron chi connectivity index (χ2n) is 7.37. The van der Waals surface area contributed by atoms with Crippen LogP contribution in [-0.2, 0) is 9.59 Å². The summed E-state index contributed by atoms with van der Waals surface area (Å²) < 4.78 is 0. The van der Waals surface area contributed by atoms with Crippen LogP contribution in [0.2, 0.25) is 0 Å². The lowest BCUT2D eigenvalue weighted by molar-refractivity contribution is -0.143. The minimum atomic E-state index is -0.837. The Morgan fingerprint density at radius 1 is 1.21 bits per heavy atom. The van der Waals surface area contributed by atoms with Crippen LogP contribution in [0.3, 0.4) is 0 Å². The van der Waals surface area contributed by atoms with Crippen LogP contribution in [0, 0.1) is 17.8 Å². The Hall–Kier alpha value is -1.79. The number of carbonyl (C=O) groups excluding carboxylic acids is 2. The maximum atomic E-state index is 12.8. The summed E-state index contributed by atoms with van der Waals surface area (Å²) in [7, 11) is 0. The molecule has 0 aliphatic carbocycles. The van der Waals surface area contributed by atoms with Gasteiger partial charge in [0.1, 0.15) is 0 Å². The van der Waals surface area contributed by atoms with Gasteiger partial charge in [0, 0.05) is 32.2 Å². The van der Waals surface area contributed by atoms with E-state index in [9.17, 15) is 19.5 Å². The number of piperidine rings is 1. The first kappa shape index (κ1) is 18.5. The van der Waals surface area contributed by atoms with Gasteiger partial charge in [0.15, 0.2) is 0 Å². The first-order valence-corrected chi connectivity index (χ1v) is 8.87. The van der Waals surface area contributed by atoms with E-state index in [1.54, 1.807) is 16.7 Å². The molecule has 0 radical (unpaired) electrons. The number of aliphatic carboxylic acids is 1. The molecule has 3 unspecified atom stereocenters. The molecule has 2 aliphatic rings. The van der Waals surface area contributed by atoms with Crippen molar-refractivity contribution in [3.05, 3.63) is 0 Å². The van der Waals surface area contributed by atoms with Crippen molar-refractivity contribution in [1.82, 2.24) is 15.1 Å². The van der Waals surface area contributed by atoms with Crippen molar-refractivity contribution in [3.63, 3.8) is 0 Å². The number of carboxylic acid groups (broad SMARTS) is 1. The third-order valence-electron chi connectivity index (χ3n) is 5.07. The molecule has 3 amide bonds. The number of urea groups is 1. The number of hydrogen-bond donors (Lipinski definition) is 2. The maximum Gasteiger partial charge on any atom is 0.317 e. The second-order valence-corrected chi connectivity index (χ2v) is 7.37. The van der Waals surface area contributed by atoms with E-state index in [-0.39, 0.29) is 23.9 Å². The summed E-state index contributed by atoms with van der Waals surface area (Å²) in [6, 6.07) is -0.390. The summed E-state index contributed by atoms with van der Waals surface area (Å²) in [6.07, 6.45) is 2.07. The number of carbonyl (C=O) groups is 3. The number of nitrogens with zero attached hydrogens (tertiary/aromatic N) is 2. The van der Waals surface area contributed by atoms with Gasteiger partial charge in [-0.15, -0.1) is 0 Å². The molecule has 0 aromatic heterocycles. The number of likely N-dealkylation sites (tertiary alicyclic amines) is 2. The Morgan fingerprint density at radius 2 is 1.92 bits per heavy atom. The lowest BCUT2D eigenvalue weighted by Gasteiger charge is -2.35. The molecule has 0 bridgehead atoms. The Morgan fingerprint density at radius 3 is 2.50 bits per heavy atom. The molecular weight excluding hydrogens is 310 g/mol. The maximum absolute atomic E-state index is 12.8. The third-order valence-corrected chi connectivity index (χ3v) is 5.07. The van der Waals surface area contributed by atoms with E-state index in [0.717, 1.165) is 12.8 Å². The fraction of sp³-hybridized carbons (Fsp3) is 0.824. The van der Waals surface area contributed by atoms with E-state index in [2.05, 4.69) is 5.32 Å². The average Bonchev–Trinajstić information content (AvgIpc) is 2.93. The third kappa shape index (κ3) is 4.19. The normalized spacial score (nSPS) is 27.4. The summed E-state index contributed by atoms with van der Waals surface area (Å²) in [5, 5.41) is 12.1. The van der Waals surface area contributed by atoms with E-state index < -0.39 is 11.9 Å². The highest BCUT2D eigenvalue weighted by molar-refractivity contribution is 5.83. The molecule has 3 atom stereocenters. The quantitative estimate of drug-likeness (QED) is 0.810. The Balaban J connectivity index is 1.93. The first-order valence-electron chi connectivity index (χ1n) is 8.87. The van der Waals surface area contributed by atoms with Crippen molar-refractivity contribution in [2.24, 2.45) is 17.8 Å². The van der Waals surface area contributed by atoms with Gasteiger partial charge in [-0.25, -0.2) is 4.79 Å². The Kier molecular flexibility index (Phi) is 6.07. The molecule has 2 aliphatic heterocycles. The first-order chi connectivity index (χ1) is 11.3. The van der Waals surface area contributed by atoms with E-state index in [4.69, 9.17) is 0 Å². The van der Waals surface area contributed by atoms with Crippen molar-refractivity contribution in [1.29, 1.82) is 0 Å². The van der Waals surface area contributed by atoms with E-state index in [1.165, 1.54) is 0 Å². The molecule has 2 N–H and O–H groups in total. The van der Waals surface area contributed by atoms with E-state index in [0.29, 0.717) is 38.5 Å². The van der Waals surface area contributed by atoms with Crippen molar-refractivity contribution in [2.45, 2.75) is 46.1 Å². The van der Waals surface area contributed by atoms with Crippen molar-refractivity contribution in [2.75, 3.05) is 26.2 Å². The van der Waals surface area contributed by atoms with Gasteiger partial charge >= 0.3 is 12.0 Å². The fourth-order valence-electron chi connectivity index (χ4n) is 3.58. The van der Waals surface area contributed by atoms with Crippen molar-refractivity contribution in [3.8, 4) is 0 Å². The molecule has 7 nitrogen and oxygen atoms in total. The van der Waals surface area contributed by atoms with E-state index >= 15 is 0 Å². The molecule has 2 saturated heterocycles. The molecule has 136 valence electrons. The topological polar surface area (TPSA) is 90.0 Å². The van der Waals surface area contributed by atoms with Crippen molar-refractivity contribution < 1.29 is 19.5 Å². The van der Waals surface area contributed by atoms with Gasteiger partial charge in [-0.3, -0.25) is 9.59 Å². The summed E-state index contributed by atoms with van der Waals surface area (Å²) in [6.45, 7) is 8.08. The summed E-state index contributed by atoms with van der Waals surface area (Å²) in [4.78, 5) is 39.6. The van der Waals surface area contributed by atoms with Crippen LogP contribution >= 0.6 is 0 Å². The minimum absolute atomic E-state index is 0.00684. The lowest BCUT2D eigenvalue weighted by atomic mass is 9.96. The van der Waals surface area contributed by atoms with Gasteiger partial charge in [0.25, 0.3) is 0 Å². The van der Waals surface area contributed by atoms with Gasteiger partial charge < -0.3 is 20.2 Å². The molecule has 2 rings (SSSR count). The lowest BCUT2D eigenvalue weighted by Crippen LogP contribution is -2.51. The standard InChI is InChI=1S/C17H29N3O4/c1-11(2)9-18-17(24)19-7-4-5-13(10-19)15(21)20-8-6-14(12(20)3)16(22)23/h11-14H,4-10H2,1-3H3,(H,18,24)(H,22,23). The number of nitrogens with one attached hydrogen (secondary N) is 1. The van der Waals surface area contributed by atoms with Crippen LogP contribution in [-0.4, -0.2) is 65.0 Å².